The molecule has 2 aliphatic rings. The van der Waals surface area contributed by atoms with E-state index in [0.717, 1.165) is 17.8 Å². The normalized spacial score (nSPS) is 31.8. The number of unbranched alkanes of at least 4 members (excludes halogenated alkanes) is 1. The molecule has 3 unspecified atom stereocenters. The molecule has 0 aromatic heterocycles. The van der Waals surface area contributed by atoms with Crippen molar-refractivity contribution >= 4 is 0 Å². The third-order valence-corrected chi connectivity index (χ3v) is 5.92. The van der Waals surface area contributed by atoms with E-state index in [-0.39, 0.29) is 0 Å². The Kier molecular flexibility index (Phi) is 7.24. The lowest BCUT2D eigenvalue weighted by Gasteiger charge is -2.48. The van der Waals surface area contributed by atoms with Crippen LogP contribution in [-0.2, 0) is 0 Å². The second-order valence-corrected chi connectivity index (χ2v) is 7.42. The fraction of sp³-hybridized carbons (Fsp3) is 0.810. The minimum absolute atomic E-state index is 0.541. The predicted octanol–water partition coefficient (Wildman–Crippen LogP) is 7.17. The molecule has 0 bridgehead atoms. The fourth-order valence-corrected chi connectivity index (χ4v) is 4.14. The minimum atomic E-state index is 0.541. The van der Waals surface area contributed by atoms with Gasteiger partial charge in [-0.05, 0) is 54.4 Å². The van der Waals surface area contributed by atoms with Crippen LogP contribution in [0, 0.1) is 23.2 Å². The van der Waals surface area contributed by atoms with Gasteiger partial charge in [0.05, 0.1) is 0 Å². The lowest BCUT2D eigenvalue weighted by molar-refractivity contribution is 0.0909. The predicted molar refractivity (Wildman–Crippen MR) is 96.5 cm³/mol. The molecule has 0 heteroatoms. The van der Waals surface area contributed by atoms with Gasteiger partial charge >= 0.3 is 0 Å². The highest BCUT2D eigenvalue weighted by atomic mass is 14.5. The Hall–Kier alpha value is -0.520. The Bertz CT molecular complexity index is 371. The SMILES string of the molecule is CC.CCCCC1(C)C(C)CC=C2C=C(C(C)C)CCC21. The van der Waals surface area contributed by atoms with E-state index in [1.807, 2.05) is 13.8 Å². The Morgan fingerprint density at radius 1 is 1.29 bits per heavy atom. The molecule has 0 saturated carbocycles. The second kappa shape index (κ2) is 8.20. The zero-order chi connectivity index (χ0) is 16.0. The first-order valence-electron chi connectivity index (χ1n) is 9.39. The Labute approximate surface area is 134 Å². The Balaban J connectivity index is 0.00000106. The van der Waals surface area contributed by atoms with Crippen LogP contribution < -0.4 is 0 Å². The summed E-state index contributed by atoms with van der Waals surface area (Å²) in [5, 5.41) is 0. The van der Waals surface area contributed by atoms with Gasteiger partial charge in [0.2, 0.25) is 0 Å². The summed E-state index contributed by atoms with van der Waals surface area (Å²) in [5.41, 5.74) is 3.89. The molecule has 0 aromatic carbocycles. The van der Waals surface area contributed by atoms with Crippen LogP contribution in [0.1, 0.15) is 87.0 Å². The van der Waals surface area contributed by atoms with Gasteiger partial charge in [0.15, 0.2) is 0 Å². The van der Waals surface area contributed by atoms with Crippen LogP contribution in [0.4, 0.5) is 0 Å². The topological polar surface area (TPSA) is 0 Å². The second-order valence-electron chi connectivity index (χ2n) is 7.42. The van der Waals surface area contributed by atoms with Gasteiger partial charge in [-0.1, -0.05) is 79.0 Å². The van der Waals surface area contributed by atoms with Gasteiger partial charge in [-0.3, -0.25) is 0 Å². The summed E-state index contributed by atoms with van der Waals surface area (Å²) < 4.78 is 0. The maximum Gasteiger partial charge on any atom is -0.0105 e. The van der Waals surface area contributed by atoms with Gasteiger partial charge in [0.25, 0.3) is 0 Å². The van der Waals surface area contributed by atoms with Crippen molar-refractivity contribution in [1.82, 2.24) is 0 Å². The van der Waals surface area contributed by atoms with E-state index in [9.17, 15) is 0 Å². The highest BCUT2D eigenvalue weighted by molar-refractivity contribution is 5.34. The molecule has 0 saturated heterocycles. The number of allylic oxidation sites excluding steroid dienone is 4. The van der Waals surface area contributed by atoms with Gasteiger partial charge in [-0.15, -0.1) is 0 Å². The molecule has 0 amide bonds. The smallest absolute Gasteiger partial charge is 0.0105 e. The Morgan fingerprint density at radius 3 is 2.52 bits per heavy atom. The van der Waals surface area contributed by atoms with E-state index < -0.39 is 0 Å². The van der Waals surface area contributed by atoms with Crippen molar-refractivity contribution in [2.75, 3.05) is 0 Å². The van der Waals surface area contributed by atoms with Crippen molar-refractivity contribution in [3.05, 3.63) is 23.3 Å². The lowest BCUT2D eigenvalue weighted by atomic mass is 9.56. The highest BCUT2D eigenvalue weighted by Crippen LogP contribution is 2.53. The molecular formula is C21H38. The fourth-order valence-electron chi connectivity index (χ4n) is 4.14. The van der Waals surface area contributed by atoms with E-state index in [0.29, 0.717) is 5.41 Å². The summed E-state index contributed by atoms with van der Waals surface area (Å²) in [7, 11) is 0. The lowest BCUT2D eigenvalue weighted by Crippen LogP contribution is -2.39. The van der Waals surface area contributed by atoms with Crippen LogP contribution >= 0.6 is 0 Å². The minimum Gasteiger partial charge on any atom is -0.0807 e. The van der Waals surface area contributed by atoms with Crippen LogP contribution in [-0.4, -0.2) is 0 Å². The molecule has 0 fully saturated rings. The van der Waals surface area contributed by atoms with Crippen LogP contribution in [0.5, 0.6) is 0 Å². The number of fused-ring (bicyclic) bond motifs is 1. The first kappa shape index (κ1) is 18.5. The molecular weight excluding hydrogens is 252 g/mol. The van der Waals surface area contributed by atoms with Gasteiger partial charge in [-0.25, -0.2) is 0 Å². The van der Waals surface area contributed by atoms with E-state index in [1.54, 1.807) is 11.1 Å². The maximum absolute atomic E-state index is 2.57. The van der Waals surface area contributed by atoms with Crippen molar-refractivity contribution in [3.63, 3.8) is 0 Å². The van der Waals surface area contributed by atoms with E-state index in [1.165, 1.54) is 38.5 Å². The standard InChI is InChI=1S/C19H32.C2H6/c1-6-7-12-19(5)15(4)8-9-17-13-16(14(2)3)10-11-18(17)19;1-2/h9,13-15,18H,6-8,10-12H2,1-5H3;1-2H3. The van der Waals surface area contributed by atoms with Crippen LogP contribution in [0.2, 0.25) is 0 Å². The van der Waals surface area contributed by atoms with Crippen molar-refractivity contribution in [1.29, 1.82) is 0 Å². The van der Waals surface area contributed by atoms with Crippen molar-refractivity contribution in [3.8, 4) is 0 Å². The summed E-state index contributed by atoms with van der Waals surface area (Å²) in [6.45, 7) is 16.1. The number of hydrogen-bond donors (Lipinski definition) is 0. The van der Waals surface area contributed by atoms with Gasteiger partial charge < -0.3 is 0 Å². The van der Waals surface area contributed by atoms with Crippen LogP contribution in [0.3, 0.4) is 0 Å². The largest absolute Gasteiger partial charge is 0.0807 e. The molecule has 0 spiro atoms. The highest BCUT2D eigenvalue weighted by Gasteiger charge is 2.42. The quantitative estimate of drug-likeness (QED) is 0.515. The summed E-state index contributed by atoms with van der Waals surface area (Å²) >= 11 is 0. The zero-order valence-electron chi connectivity index (χ0n) is 15.6. The summed E-state index contributed by atoms with van der Waals surface area (Å²) in [6.07, 6.45) is 13.2. The molecule has 0 radical (unpaired) electrons. The first-order chi connectivity index (χ1) is 9.99. The van der Waals surface area contributed by atoms with Gasteiger partial charge in [-0.2, -0.15) is 0 Å². The molecule has 0 aliphatic heterocycles. The third kappa shape index (κ3) is 4.02. The number of hydrogen-bond acceptors (Lipinski definition) is 0. The molecule has 122 valence electrons. The van der Waals surface area contributed by atoms with Crippen LogP contribution in [0.15, 0.2) is 23.3 Å². The van der Waals surface area contributed by atoms with E-state index in [4.69, 9.17) is 0 Å². The average Bonchev–Trinajstić information content (AvgIpc) is 2.51. The van der Waals surface area contributed by atoms with E-state index in [2.05, 4.69) is 46.8 Å². The van der Waals surface area contributed by atoms with Crippen molar-refractivity contribution < 1.29 is 0 Å². The summed E-state index contributed by atoms with van der Waals surface area (Å²) in [6, 6.07) is 0. The monoisotopic (exact) mass is 290 g/mol. The molecule has 3 atom stereocenters. The third-order valence-electron chi connectivity index (χ3n) is 5.92. The van der Waals surface area contributed by atoms with Crippen molar-refractivity contribution in [2.24, 2.45) is 23.2 Å². The molecule has 0 heterocycles. The summed E-state index contributed by atoms with van der Waals surface area (Å²) in [4.78, 5) is 0. The maximum atomic E-state index is 2.57. The molecule has 0 nitrogen and oxygen atoms in total. The molecule has 0 N–H and O–H groups in total. The van der Waals surface area contributed by atoms with Gasteiger partial charge in [0.1, 0.15) is 0 Å². The summed E-state index contributed by atoms with van der Waals surface area (Å²) in [5.74, 6) is 2.40. The zero-order valence-corrected chi connectivity index (χ0v) is 15.6. The molecule has 21 heavy (non-hydrogen) atoms. The van der Waals surface area contributed by atoms with Gasteiger partial charge in [0, 0.05) is 0 Å². The van der Waals surface area contributed by atoms with Crippen molar-refractivity contribution in [2.45, 2.75) is 87.0 Å². The number of rotatable bonds is 4. The molecule has 0 aromatic rings. The average molecular weight is 291 g/mol. The van der Waals surface area contributed by atoms with E-state index >= 15 is 0 Å². The Morgan fingerprint density at radius 2 is 1.95 bits per heavy atom. The first-order valence-corrected chi connectivity index (χ1v) is 9.39. The van der Waals surface area contributed by atoms with Crippen LogP contribution in [0.25, 0.3) is 0 Å². The molecule has 2 aliphatic carbocycles. The molecule has 2 rings (SSSR count).